The molecule has 168 valence electrons. The number of halogens is 1. The van der Waals surface area contributed by atoms with Crippen LogP contribution in [0, 0.1) is 6.92 Å². The number of nitrogens with zero attached hydrogens (tertiary/aromatic N) is 1. The molecule has 0 unspecified atom stereocenters. The molecule has 0 atom stereocenters. The van der Waals surface area contributed by atoms with E-state index in [1.165, 1.54) is 13.3 Å². The highest BCUT2D eigenvalue weighted by Crippen LogP contribution is 2.23. The average molecular weight is 510 g/mol. The van der Waals surface area contributed by atoms with Crippen LogP contribution in [-0.2, 0) is 9.59 Å². The van der Waals surface area contributed by atoms with Gasteiger partial charge in [0.05, 0.1) is 18.9 Å². The third-order valence-corrected chi connectivity index (χ3v) is 4.96. The molecule has 3 aromatic carbocycles. The SMILES string of the molecule is COc1ccc(NC(=O)C(=O)NN=Cc2cc(Br)ccc2OC(=O)c2ccccc2C)cc1. The summed E-state index contributed by atoms with van der Waals surface area (Å²) in [4.78, 5) is 36.7. The summed E-state index contributed by atoms with van der Waals surface area (Å²) in [6, 6.07) is 18.5. The lowest BCUT2D eigenvalue weighted by molar-refractivity contribution is -0.136. The topological polar surface area (TPSA) is 106 Å². The summed E-state index contributed by atoms with van der Waals surface area (Å²) in [6.07, 6.45) is 1.28. The summed E-state index contributed by atoms with van der Waals surface area (Å²) in [6.45, 7) is 1.81. The standard InChI is InChI=1S/C24H20BrN3O5/c1-15-5-3-4-6-20(15)24(31)33-21-12-7-17(25)13-16(21)14-26-28-23(30)22(29)27-18-8-10-19(32-2)11-9-18/h3-14H,1-2H3,(H,27,29)(H,28,30). The van der Waals surface area contributed by atoms with Gasteiger partial charge in [0.2, 0.25) is 0 Å². The number of hydrazone groups is 1. The van der Waals surface area contributed by atoms with Gasteiger partial charge in [0.15, 0.2) is 0 Å². The van der Waals surface area contributed by atoms with E-state index in [1.54, 1.807) is 54.6 Å². The Morgan fingerprint density at radius 3 is 2.39 bits per heavy atom. The summed E-state index contributed by atoms with van der Waals surface area (Å²) < 4.78 is 11.3. The molecule has 0 fully saturated rings. The van der Waals surface area contributed by atoms with E-state index in [0.717, 1.165) is 5.56 Å². The minimum absolute atomic E-state index is 0.243. The first kappa shape index (κ1) is 23.7. The minimum Gasteiger partial charge on any atom is -0.497 e. The quantitative estimate of drug-likeness (QED) is 0.171. The van der Waals surface area contributed by atoms with E-state index in [-0.39, 0.29) is 5.75 Å². The van der Waals surface area contributed by atoms with Gasteiger partial charge >= 0.3 is 17.8 Å². The number of rotatable bonds is 6. The Kier molecular flexibility index (Phi) is 7.93. The Hall–Kier alpha value is -3.98. The van der Waals surface area contributed by atoms with Crippen molar-refractivity contribution in [2.24, 2.45) is 5.10 Å². The molecule has 0 saturated carbocycles. The van der Waals surface area contributed by atoms with Crippen molar-refractivity contribution in [1.29, 1.82) is 0 Å². The molecule has 2 amide bonds. The van der Waals surface area contributed by atoms with Gasteiger partial charge in [0.1, 0.15) is 11.5 Å². The number of nitrogens with one attached hydrogen (secondary N) is 2. The molecular formula is C24H20BrN3O5. The molecule has 2 N–H and O–H groups in total. The van der Waals surface area contributed by atoms with Gasteiger partial charge in [-0.2, -0.15) is 5.10 Å². The van der Waals surface area contributed by atoms with E-state index >= 15 is 0 Å². The highest BCUT2D eigenvalue weighted by atomic mass is 79.9. The van der Waals surface area contributed by atoms with Crippen molar-refractivity contribution in [3.05, 3.63) is 87.9 Å². The van der Waals surface area contributed by atoms with Crippen LogP contribution in [0.2, 0.25) is 0 Å². The van der Waals surface area contributed by atoms with Crippen LogP contribution in [0.15, 0.2) is 76.3 Å². The Morgan fingerprint density at radius 2 is 1.70 bits per heavy atom. The molecule has 0 aliphatic heterocycles. The van der Waals surface area contributed by atoms with Crippen molar-refractivity contribution in [2.75, 3.05) is 12.4 Å². The number of esters is 1. The maximum Gasteiger partial charge on any atom is 0.343 e. The van der Waals surface area contributed by atoms with Gasteiger partial charge in [-0.3, -0.25) is 9.59 Å². The Balaban J connectivity index is 1.65. The van der Waals surface area contributed by atoms with Crippen LogP contribution in [0.4, 0.5) is 5.69 Å². The fourth-order valence-electron chi connectivity index (χ4n) is 2.74. The van der Waals surface area contributed by atoms with Crippen molar-refractivity contribution >= 4 is 45.6 Å². The minimum atomic E-state index is -0.962. The number of aryl methyl sites for hydroxylation is 1. The zero-order chi connectivity index (χ0) is 23.8. The monoisotopic (exact) mass is 509 g/mol. The second-order valence-electron chi connectivity index (χ2n) is 6.77. The number of ether oxygens (including phenoxy) is 2. The molecule has 0 aliphatic carbocycles. The number of methoxy groups -OCH3 is 1. The average Bonchev–Trinajstić information content (AvgIpc) is 2.81. The molecule has 33 heavy (non-hydrogen) atoms. The van der Waals surface area contributed by atoms with Gasteiger partial charge in [0.25, 0.3) is 0 Å². The third-order valence-electron chi connectivity index (χ3n) is 4.46. The number of hydrogen-bond acceptors (Lipinski definition) is 6. The second kappa shape index (κ2) is 11.1. The van der Waals surface area contributed by atoms with Gasteiger partial charge < -0.3 is 14.8 Å². The molecular weight excluding hydrogens is 490 g/mol. The van der Waals surface area contributed by atoms with Crippen molar-refractivity contribution in [1.82, 2.24) is 5.43 Å². The van der Waals surface area contributed by atoms with Crippen LogP contribution in [0.1, 0.15) is 21.5 Å². The lowest BCUT2D eigenvalue weighted by Gasteiger charge is -2.09. The summed E-state index contributed by atoms with van der Waals surface area (Å²) >= 11 is 3.35. The predicted octanol–water partition coefficient (Wildman–Crippen LogP) is 4.07. The van der Waals surface area contributed by atoms with Crippen LogP contribution in [-0.4, -0.2) is 31.1 Å². The molecule has 9 heteroatoms. The molecule has 3 rings (SSSR count). The summed E-state index contributed by atoms with van der Waals surface area (Å²) in [5.74, 6) is -1.51. The molecule has 8 nitrogen and oxygen atoms in total. The molecule has 0 spiro atoms. The van der Waals surface area contributed by atoms with Crippen LogP contribution in [0.3, 0.4) is 0 Å². The number of carbonyl (C=O) groups excluding carboxylic acids is 3. The summed E-state index contributed by atoms with van der Waals surface area (Å²) in [7, 11) is 1.53. The zero-order valence-electron chi connectivity index (χ0n) is 17.8. The lowest BCUT2D eigenvalue weighted by Crippen LogP contribution is -2.32. The zero-order valence-corrected chi connectivity index (χ0v) is 19.4. The van der Waals surface area contributed by atoms with Crippen LogP contribution in [0.25, 0.3) is 0 Å². The lowest BCUT2D eigenvalue weighted by atomic mass is 10.1. The van der Waals surface area contributed by atoms with Crippen molar-refractivity contribution in [3.63, 3.8) is 0 Å². The first-order chi connectivity index (χ1) is 15.9. The van der Waals surface area contributed by atoms with Crippen LogP contribution in [0.5, 0.6) is 11.5 Å². The van der Waals surface area contributed by atoms with E-state index in [0.29, 0.717) is 27.0 Å². The highest BCUT2D eigenvalue weighted by molar-refractivity contribution is 9.10. The van der Waals surface area contributed by atoms with Gasteiger partial charge in [-0.15, -0.1) is 0 Å². The van der Waals surface area contributed by atoms with Gasteiger partial charge in [-0.1, -0.05) is 34.1 Å². The largest absolute Gasteiger partial charge is 0.497 e. The van der Waals surface area contributed by atoms with Gasteiger partial charge in [-0.25, -0.2) is 10.2 Å². The number of amides is 2. The van der Waals surface area contributed by atoms with E-state index < -0.39 is 17.8 Å². The van der Waals surface area contributed by atoms with Crippen LogP contribution < -0.4 is 20.2 Å². The predicted molar refractivity (Wildman–Crippen MR) is 128 cm³/mol. The van der Waals surface area contributed by atoms with E-state index in [9.17, 15) is 14.4 Å². The number of benzene rings is 3. The normalized spacial score (nSPS) is 10.5. The fourth-order valence-corrected chi connectivity index (χ4v) is 3.12. The van der Waals surface area contributed by atoms with Gasteiger partial charge in [-0.05, 0) is 61.0 Å². The number of carbonyl (C=O) groups is 3. The van der Waals surface area contributed by atoms with E-state index in [1.807, 2.05) is 19.1 Å². The second-order valence-corrected chi connectivity index (χ2v) is 7.68. The van der Waals surface area contributed by atoms with Gasteiger partial charge in [0, 0.05) is 15.7 Å². The summed E-state index contributed by atoms with van der Waals surface area (Å²) in [5, 5.41) is 6.27. The third kappa shape index (κ3) is 6.50. The van der Waals surface area contributed by atoms with Crippen molar-refractivity contribution in [3.8, 4) is 11.5 Å². The van der Waals surface area contributed by atoms with Crippen LogP contribution >= 0.6 is 15.9 Å². The number of hydrogen-bond donors (Lipinski definition) is 2. The molecule has 0 radical (unpaired) electrons. The molecule has 0 aromatic heterocycles. The first-order valence-electron chi connectivity index (χ1n) is 9.73. The van der Waals surface area contributed by atoms with E-state index in [4.69, 9.17) is 9.47 Å². The molecule has 0 saturated heterocycles. The highest BCUT2D eigenvalue weighted by Gasteiger charge is 2.15. The molecule has 0 bridgehead atoms. The Bertz CT molecular complexity index is 1210. The smallest absolute Gasteiger partial charge is 0.343 e. The maximum absolute atomic E-state index is 12.5. The fraction of sp³-hybridized carbons (Fsp3) is 0.0833. The maximum atomic E-state index is 12.5. The first-order valence-corrected chi connectivity index (χ1v) is 10.5. The number of anilines is 1. The van der Waals surface area contributed by atoms with Crippen molar-refractivity contribution in [2.45, 2.75) is 6.92 Å². The van der Waals surface area contributed by atoms with E-state index in [2.05, 4.69) is 31.8 Å². The molecule has 3 aromatic rings. The summed E-state index contributed by atoms with van der Waals surface area (Å²) in [5.41, 5.74) is 4.22. The Morgan fingerprint density at radius 1 is 0.970 bits per heavy atom. The van der Waals surface area contributed by atoms with Crippen molar-refractivity contribution < 1.29 is 23.9 Å². The Labute approximate surface area is 198 Å². The molecule has 0 heterocycles. The molecule has 0 aliphatic rings.